The Kier molecular flexibility index (Phi) is 3.49. The second kappa shape index (κ2) is 4.42. The van der Waals surface area contributed by atoms with Crippen LogP contribution in [-0.2, 0) is 0 Å². The number of benzene rings is 1. The second-order valence-corrected chi connectivity index (χ2v) is 3.14. The molecule has 0 aliphatic heterocycles. The first kappa shape index (κ1) is 9.48. The van der Waals surface area contributed by atoms with Gasteiger partial charge >= 0.3 is 0 Å². The summed E-state index contributed by atoms with van der Waals surface area (Å²) in [4.78, 5) is 0. The molecule has 1 aromatic rings. The third-order valence-corrected chi connectivity index (χ3v) is 1.94. The van der Waals surface area contributed by atoms with Crippen molar-refractivity contribution in [2.24, 2.45) is 0 Å². The molecule has 2 nitrogen and oxygen atoms in total. The van der Waals surface area contributed by atoms with E-state index in [1.165, 1.54) is 6.07 Å². The fraction of sp³-hybridized carbons (Fsp3) is 0.250. The van der Waals surface area contributed by atoms with Crippen LogP contribution in [0.25, 0.3) is 0 Å². The van der Waals surface area contributed by atoms with Gasteiger partial charge in [0.1, 0.15) is 5.82 Å². The molecule has 4 heteroatoms. The fourth-order valence-corrected chi connectivity index (χ4v) is 1.14. The van der Waals surface area contributed by atoms with Crippen LogP contribution in [0.3, 0.4) is 0 Å². The van der Waals surface area contributed by atoms with Gasteiger partial charge < -0.3 is 5.43 Å². The molecular formula is C8H10BrFN2. The van der Waals surface area contributed by atoms with Crippen LogP contribution < -0.4 is 10.9 Å². The van der Waals surface area contributed by atoms with Crippen LogP contribution in [0.1, 0.15) is 6.92 Å². The summed E-state index contributed by atoms with van der Waals surface area (Å²) in [5, 5.41) is 0. The summed E-state index contributed by atoms with van der Waals surface area (Å²) < 4.78 is 13.2. The lowest BCUT2D eigenvalue weighted by atomic mass is 10.3. The molecule has 12 heavy (non-hydrogen) atoms. The maximum Gasteiger partial charge on any atom is 0.137 e. The average Bonchev–Trinajstić information content (AvgIpc) is 2.07. The lowest BCUT2D eigenvalue weighted by Crippen LogP contribution is -2.20. The Morgan fingerprint density at radius 1 is 1.50 bits per heavy atom. The summed E-state index contributed by atoms with van der Waals surface area (Å²) in [6.07, 6.45) is 0. The fourth-order valence-electron chi connectivity index (χ4n) is 0.764. The van der Waals surface area contributed by atoms with Crippen LogP contribution in [0.15, 0.2) is 22.7 Å². The zero-order valence-electron chi connectivity index (χ0n) is 6.70. The van der Waals surface area contributed by atoms with Crippen molar-refractivity contribution in [2.45, 2.75) is 6.92 Å². The van der Waals surface area contributed by atoms with Gasteiger partial charge in [0.15, 0.2) is 0 Å². The molecule has 66 valence electrons. The van der Waals surface area contributed by atoms with E-state index in [9.17, 15) is 4.39 Å². The second-order valence-electron chi connectivity index (χ2n) is 2.28. The first-order valence-electron chi connectivity index (χ1n) is 3.68. The Labute approximate surface area is 79.3 Å². The third-order valence-electron chi connectivity index (χ3n) is 1.33. The van der Waals surface area contributed by atoms with Crippen LogP contribution in [0.4, 0.5) is 10.1 Å². The van der Waals surface area contributed by atoms with Crippen LogP contribution in [0.2, 0.25) is 0 Å². The van der Waals surface area contributed by atoms with Gasteiger partial charge in [-0.2, -0.15) is 0 Å². The SMILES string of the molecule is CCNNc1ccc(F)c(Br)c1. The zero-order valence-corrected chi connectivity index (χ0v) is 8.28. The standard InChI is InChI=1S/C8H10BrFN2/c1-2-11-12-6-3-4-8(10)7(9)5-6/h3-5,11-12H,2H2,1H3. The third kappa shape index (κ3) is 2.46. The number of rotatable bonds is 3. The normalized spacial score (nSPS) is 9.92. The summed E-state index contributed by atoms with van der Waals surface area (Å²) in [5.74, 6) is -0.253. The van der Waals surface area contributed by atoms with Gasteiger partial charge in [0, 0.05) is 6.54 Å². The number of nitrogens with one attached hydrogen (secondary N) is 2. The predicted molar refractivity (Wildman–Crippen MR) is 51.4 cm³/mol. The molecule has 0 aromatic heterocycles. The van der Waals surface area contributed by atoms with E-state index in [1.54, 1.807) is 12.1 Å². The van der Waals surface area contributed by atoms with Crippen molar-refractivity contribution >= 4 is 21.6 Å². The van der Waals surface area contributed by atoms with Crippen molar-refractivity contribution in [1.29, 1.82) is 0 Å². The summed E-state index contributed by atoms with van der Waals surface area (Å²) in [6.45, 7) is 2.79. The Bertz CT molecular complexity index is 265. The molecule has 0 heterocycles. The minimum atomic E-state index is -0.253. The monoisotopic (exact) mass is 232 g/mol. The molecule has 0 atom stereocenters. The molecule has 0 spiro atoms. The molecule has 1 aromatic carbocycles. The van der Waals surface area contributed by atoms with Crippen molar-refractivity contribution < 1.29 is 4.39 Å². The van der Waals surface area contributed by atoms with Gasteiger partial charge in [-0.05, 0) is 34.1 Å². The molecule has 0 aliphatic rings. The van der Waals surface area contributed by atoms with Gasteiger partial charge in [0.2, 0.25) is 0 Å². The van der Waals surface area contributed by atoms with Crippen LogP contribution >= 0.6 is 15.9 Å². The van der Waals surface area contributed by atoms with Crippen molar-refractivity contribution in [1.82, 2.24) is 5.43 Å². The molecule has 2 N–H and O–H groups in total. The molecule has 1 rings (SSSR count). The first-order valence-corrected chi connectivity index (χ1v) is 4.47. The highest BCUT2D eigenvalue weighted by molar-refractivity contribution is 9.10. The summed E-state index contributed by atoms with van der Waals surface area (Å²) in [7, 11) is 0. The van der Waals surface area contributed by atoms with Gasteiger partial charge in [-0.1, -0.05) is 6.92 Å². The predicted octanol–water partition coefficient (Wildman–Crippen LogP) is 2.52. The van der Waals surface area contributed by atoms with Crippen LogP contribution in [-0.4, -0.2) is 6.54 Å². The number of hydrazine groups is 1. The topological polar surface area (TPSA) is 24.1 Å². The quantitative estimate of drug-likeness (QED) is 0.784. The molecule has 0 radical (unpaired) electrons. The van der Waals surface area contributed by atoms with E-state index in [1.807, 2.05) is 6.92 Å². The van der Waals surface area contributed by atoms with Crippen LogP contribution in [0, 0.1) is 5.82 Å². The van der Waals surface area contributed by atoms with Crippen molar-refractivity contribution in [2.75, 3.05) is 12.0 Å². The maximum absolute atomic E-state index is 12.7. The van der Waals surface area contributed by atoms with E-state index in [0.29, 0.717) is 4.47 Å². The van der Waals surface area contributed by atoms with Gasteiger partial charge in [-0.3, -0.25) is 0 Å². The Balaban J connectivity index is 2.69. The van der Waals surface area contributed by atoms with E-state index < -0.39 is 0 Å². The Morgan fingerprint density at radius 3 is 2.83 bits per heavy atom. The van der Waals surface area contributed by atoms with E-state index >= 15 is 0 Å². The minimum Gasteiger partial charge on any atom is -0.321 e. The first-order chi connectivity index (χ1) is 5.74. The summed E-state index contributed by atoms with van der Waals surface area (Å²) >= 11 is 3.10. The maximum atomic E-state index is 12.7. The highest BCUT2D eigenvalue weighted by Gasteiger charge is 1.98. The lowest BCUT2D eigenvalue weighted by molar-refractivity contribution is 0.621. The lowest BCUT2D eigenvalue weighted by Gasteiger charge is -2.06. The molecule has 0 unspecified atom stereocenters. The van der Waals surface area contributed by atoms with E-state index in [0.717, 1.165) is 12.2 Å². The highest BCUT2D eigenvalue weighted by Crippen LogP contribution is 2.19. The minimum absolute atomic E-state index is 0.253. The number of hydrogen-bond acceptors (Lipinski definition) is 2. The Hall–Kier alpha value is -0.610. The van der Waals surface area contributed by atoms with E-state index in [2.05, 4.69) is 26.8 Å². The molecule has 0 saturated carbocycles. The smallest absolute Gasteiger partial charge is 0.137 e. The van der Waals surface area contributed by atoms with Gasteiger partial charge in [-0.25, -0.2) is 9.82 Å². The van der Waals surface area contributed by atoms with Crippen LogP contribution in [0.5, 0.6) is 0 Å². The Morgan fingerprint density at radius 2 is 2.25 bits per heavy atom. The number of halogens is 2. The summed E-state index contributed by atoms with van der Waals surface area (Å²) in [6, 6.07) is 4.75. The molecule has 0 aliphatic carbocycles. The van der Waals surface area contributed by atoms with Crippen molar-refractivity contribution in [3.8, 4) is 0 Å². The van der Waals surface area contributed by atoms with Gasteiger partial charge in [0.25, 0.3) is 0 Å². The molecule has 0 bridgehead atoms. The number of hydrogen-bond donors (Lipinski definition) is 2. The van der Waals surface area contributed by atoms with Crippen molar-refractivity contribution in [3.63, 3.8) is 0 Å². The molecule has 0 saturated heterocycles. The van der Waals surface area contributed by atoms with Gasteiger partial charge in [0.05, 0.1) is 10.2 Å². The van der Waals surface area contributed by atoms with Gasteiger partial charge in [-0.15, -0.1) is 0 Å². The molecule has 0 amide bonds. The molecule has 0 fully saturated rings. The number of anilines is 1. The van der Waals surface area contributed by atoms with E-state index in [-0.39, 0.29) is 5.82 Å². The van der Waals surface area contributed by atoms with E-state index in [4.69, 9.17) is 0 Å². The zero-order chi connectivity index (χ0) is 8.97. The highest BCUT2D eigenvalue weighted by atomic mass is 79.9. The molecular weight excluding hydrogens is 223 g/mol. The largest absolute Gasteiger partial charge is 0.321 e. The average molecular weight is 233 g/mol. The van der Waals surface area contributed by atoms with Crippen molar-refractivity contribution in [3.05, 3.63) is 28.5 Å². The summed E-state index contributed by atoms with van der Waals surface area (Å²) in [5.41, 5.74) is 6.67.